The van der Waals surface area contributed by atoms with Gasteiger partial charge in [-0.2, -0.15) is 4.98 Å². The van der Waals surface area contributed by atoms with Crippen LogP contribution in [-0.4, -0.2) is 30.8 Å². The highest BCUT2D eigenvalue weighted by Crippen LogP contribution is 2.18. The maximum absolute atomic E-state index is 12.7. The monoisotopic (exact) mass is 375 g/mol. The van der Waals surface area contributed by atoms with Crippen LogP contribution in [0.15, 0.2) is 45.9 Å². The summed E-state index contributed by atoms with van der Waals surface area (Å²) in [6.45, 7) is 0.193. The van der Waals surface area contributed by atoms with Crippen molar-refractivity contribution in [1.29, 1.82) is 0 Å². The van der Waals surface area contributed by atoms with Gasteiger partial charge in [0.2, 0.25) is 5.95 Å². The molecule has 0 bridgehead atoms. The van der Waals surface area contributed by atoms with E-state index in [1.165, 1.54) is 10.6 Å². The molecule has 7 nitrogen and oxygen atoms in total. The lowest BCUT2D eigenvalue weighted by Gasteiger charge is -2.09. The number of hydrogen-bond acceptors (Lipinski definition) is 5. The molecule has 3 rings (SSSR count). The molecule has 1 aromatic carbocycles. The summed E-state index contributed by atoms with van der Waals surface area (Å²) in [5, 5.41) is 8.90. The normalized spacial score (nSPS) is 11.6. The van der Waals surface area contributed by atoms with E-state index in [9.17, 15) is 4.79 Å². The molecule has 3 aromatic rings. The number of aromatic nitrogens is 4. The first-order valence-corrected chi connectivity index (χ1v) is 7.66. The molecule has 0 aliphatic heterocycles. The van der Waals surface area contributed by atoms with Crippen molar-refractivity contribution in [3.05, 3.63) is 57.1 Å². The highest BCUT2D eigenvalue weighted by molar-refractivity contribution is 9.10. The van der Waals surface area contributed by atoms with Gasteiger partial charge in [0.25, 0.3) is 5.56 Å². The molecule has 0 aliphatic rings. The van der Waals surface area contributed by atoms with Gasteiger partial charge in [0.05, 0.1) is 13.2 Å². The maximum Gasteiger partial charge on any atom is 0.283 e. The van der Waals surface area contributed by atoms with Crippen LogP contribution in [0, 0.1) is 0 Å². The second kappa shape index (κ2) is 6.35. The summed E-state index contributed by atoms with van der Waals surface area (Å²) in [4.78, 5) is 21.2. The number of benzene rings is 1. The number of nitrogens with two attached hydrogens (primary N) is 1. The fourth-order valence-electron chi connectivity index (χ4n) is 2.25. The summed E-state index contributed by atoms with van der Waals surface area (Å²) >= 11 is 3.28. The Kier molecular flexibility index (Phi) is 4.26. The van der Waals surface area contributed by atoms with Crippen LogP contribution in [0.2, 0.25) is 0 Å². The molecule has 0 atom stereocenters. The molecule has 0 spiro atoms. The van der Waals surface area contributed by atoms with E-state index in [0.29, 0.717) is 16.9 Å². The third-order valence-electron chi connectivity index (χ3n) is 3.33. The van der Waals surface area contributed by atoms with Crippen molar-refractivity contribution >= 4 is 39.2 Å². The SMILES string of the molecule is Nc1nc2c(nc(Br)n2C=CCO)c(=O)n1Cc1ccccc1. The quantitative estimate of drug-likeness (QED) is 0.672. The van der Waals surface area contributed by atoms with E-state index in [-0.39, 0.29) is 23.6 Å². The number of nitrogen functional groups attached to an aromatic ring is 1. The Labute approximate surface area is 139 Å². The lowest BCUT2D eigenvalue weighted by Crippen LogP contribution is -2.25. The summed E-state index contributed by atoms with van der Waals surface area (Å²) < 4.78 is 3.35. The number of aliphatic hydroxyl groups is 1. The Hall–Kier alpha value is -2.45. The molecule has 0 radical (unpaired) electrons. The number of rotatable bonds is 4. The van der Waals surface area contributed by atoms with Crippen LogP contribution < -0.4 is 11.3 Å². The topological polar surface area (TPSA) is 99.0 Å². The van der Waals surface area contributed by atoms with Gasteiger partial charge in [0.15, 0.2) is 15.9 Å². The maximum atomic E-state index is 12.7. The van der Waals surface area contributed by atoms with Crippen LogP contribution >= 0.6 is 15.9 Å². The Bertz CT molecular complexity index is 930. The lowest BCUT2D eigenvalue weighted by molar-refractivity contribution is 0.343. The van der Waals surface area contributed by atoms with Gasteiger partial charge in [-0.25, -0.2) is 4.98 Å². The second-order valence-electron chi connectivity index (χ2n) is 4.84. The van der Waals surface area contributed by atoms with Gasteiger partial charge in [-0.3, -0.25) is 13.9 Å². The van der Waals surface area contributed by atoms with Crippen molar-refractivity contribution < 1.29 is 5.11 Å². The van der Waals surface area contributed by atoms with Gasteiger partial charge >= 0.3 is 0 Å². The fourth-order valence-corrected chi connectivity index (χ4v) is 2.72. The smallest absolute Gasteiger partial charge is 0.283 e. The molecular formula is C15H14BrN5O2. The van der Waals surface area contributed by atoms with Gasteiger partial charge < -0.3 is 10.8 Å². The van der Waals surface area contributed by atoms with Gasteiger partial charge in [-0.05, 0) is 27.6 Å². The van der Waals surface area contributed by atoms with Gasteiger partial charge in [-0.1, -0.05) is 30.3 Å². The van der Waals surface area contributed by atoms with Gasteiger partial charge in [0.1, 0.15) is 0 Å². The molecule has 8 heteroatoms. The van der Waals surface area contributed by atoms with Crippen LogP contribution in [-0.2, 0) is 6.54 Å². The number of nitrogens with zero attached hydrogens (tertiary/aromatic N) is 4. The van der Waals surface area contributed by atoms with E-state index in [2.05, 4.69) is 25.9 Å². The van der Waals surface area contributed by atoms with Gasteiger partial charge in [-0.15, -0.1) is 0 Å². The molecule has 3 N–H and O–H groups in total. The number of hydrogen-bond donors (Lipinski definition) is 2. The average molecular weight is 376 g/mol. The van der Waals surface area contributed by atoms with E-state index in [4.69, 9.17) is 10.8 Å². The second-order valence-corrected chi connectivity index (χ2v) is 5.55. The molecule has 0 amide bonds. The Balaban J connectivity index is 2.15. The highest BCUT2D eigenvalue weighted by atomic mass is 79.9. The van der Waals surface area contributed by atoms with Crippen molar-refractivity contribution in [2.24, 2.45) is 0 Å². The molecule has 0 saturated carbocycles. The summed E-state index contributed by atoms with van der Waals surface area (Å²) in [6.07, 6.45) is 3.09. The van der Waals surface area contributed by atoms with Crippen molar-refractivity contribution in [2.45, 2.75) is 6.54 Å². The lowest BCUT2D eigenvalue weighted by atomic mass is 10.2. The molecule has 0 aliphatic carbocycles. The van der Waals surface area contributed by atoms with Crippen LogP contribution in [0.4, 0.5) is 5.95 Å². The number of fused-ring (bicyclic) bond motifs is 1. The zero-order chi connectivity index (χ0) is 16.4. The van der Waals surface area contributed by atoms with Crippen molar-refractivity contribution in [3.8, 4) is 0 Å². The molecule has 0 fully saturated rings. The summed E-state index contributed by atoms with van der Waals surface area (Å²) in [6, 6.07) is 9.52. The predicted molar refractivity (Wildman–Crippen MR) is 91.9 cm³/mol. The Morgan fingerprint density at radius 2 is 2.00 bits per heavy atom. The molecular weight excluding hydrogens is 362 g/mol. The van der Waals surface area contributed by atoms with Crippen molar-refractivity contribution in [3.63, 3.8) is 0 Å². The van der Waals surface area contributed by atoms with E-state index in [1.807, 2.05) is 30.3 Å². The fraction of sp³-hybridized carbons (Fsp3) is 0.133. The van der Waals surface area contributed by atoms with Crippen LogP contribution in [0.5, 0.6) is 0 Å². The largest absolute Gasteiger partial charge is 0.392 e. The number of halogens is 1. The van der Waals surface area contributed by atoms with Crippen LogP contribution in [0.25, 0.3) is 17.4 Å². The first-order valence-electron chi connectivity index (χ1n) is 6.87. The zero-order valence-corrected chi connectivity index (χ0v) is 13.6. The van der Waals surface area contributed by atoms with Crippen molar-refractivity contribution in [2.75, 3.05) is 12.3 Å². The number of aliphatic hydroxyl groups excluding tert-OH is 1. The van der Waals surface area contributed by atoms with E-state index in [1.54, 1.807) is 10.8 Å². The summed E-state index contributed by atoms with van der Waals surface area (Å²) in [5.41, 5.74) is 7.15. The zero-order valence-electron chi connectivity index (χ0n) is 12.1. The summed E-state index contributed by atoms with van der Waals surface area (Å²) in [7, 11) is 0. The molecule has 2 heterocycles. The third-order valence-corrected chi connectivity index (χ3v) is 3.89. The van der Waals surface area contributed by atoms with Gasteiger partial charge in [0, 0.05) is 6.20 Å². The van der Waals surface area contributed by atoms with E-state index < -0.39 is 0 Å². The first kappa shape index (κ1) is 15.4. The molecule has 118 valence electrons. The Morgan fingerprint density at radius 3 is 2.70 bits per heavy atom. The van der Waals surface area contributed by atoms with E-state index >= 15 is 0 Å². The summed E-state index contributed by atoms with van der Waals surface area (Å²) in [5.74, 6) is 0.109. The molecule has 0 unspecified atom stereocenters. The van der Waals surface area contributed by atoms with Crippen LogP contribution in [0.3, 0.4) is 0 Å². The molecule has 0 saturated heterocycles. The predicted octanol–water partition coefficient (Wildman–Crippen LogP) is 1.45. The van der Waals surface area contributed by atoms with Crippen LogP contribution in [0.1, 0.15) is 5.56 Å². The molecule has 23 heavy (non-hydrogen) atoms. The molecule has 2 aromatic heterocycles. The standard InChI is InChI=1S/C15H14BrN5O2/c16-14-18-11-12(20(14)7-4-8-22)19-15(17)21(13(11)23)9-10-5-2-1-3-6-10/h1-7,22H,8-9H2,(H2,17,19). The average Bonchev–Trinajstić information content (AvgIpc) is 2.86. The Morgan fingerprint density at radius 1 is 1.26 bits per heavy atom. The third kappa shape index (κ3) is 2.90. The van der Waals surface area contributed by atoms with Crippen molar-refractivity contribution in [1.82, 2.24) is 19.1 Å². The minimum Gasteiger partial charge on any atom is -0.392 e. The first-order chi connectivity index (χ1) is 11.1. The number of anilines is 1. The number of imidazole rings is 1. The minimum absolute atomic E-state index is 0.109. The van der Waals surface area contributed by atoms with E-state index in [0.717, 1.165) is 5.56 Å². The minimum atomic E-state index is -0.312. The highest BCUT2D eigenvalue weighted by Gasteiger charge is 2.16.